The predicted molar refractivity (Wildman–Crippen MR) is 59.4 cm³/mol. The van der Waals surface area contributed by atoms with Gasteiger partial charge in [-0.3, -0.25) is 14.9 Å². The van der Waals surface area contributed by atoms with E-state index < -0.39 is 33.6 Å². The molecule has 1 heterocycles. The molecule has 0 radical (unpaired) electrons. The molecular formula is C11H5F2N3O3. The standard InChI is InChI=1S/C11H5F2N3O3/c12-7-1-2-8(16(18)19)10(13)9(7)11-14-4-3-6(5-17)15-11/h1-5H. The highest BCUT2D eigenvalue weighted by atomic mass is 19.1. The van der Waals surface area contributed by atoms with Crippen molar-refractivity contribution in [2.45, 2.75) is 0 Å². The molecule has 2 rings (SSSR count). The zero-order valence-corrected chi connectivity index (χ0v) is 9.21. The average molecular weight is 265 g/mol. The van der Waals surface area contributed by atoms with Crippen molar-refractivity contribution in [1.29, 1.82) is 0 Å². The van der Waals surface area contributed by atoms with Gasteiger partial charge >= 0.3 is 5.69 Å². The first-order valence-corrected chi connectivity index (χ1v) is 4.95. The molecule has 0 unspecified atom stereocenters. The van der Waals surface area contributed by atoms with E-state index in [4.69, 9.17) is 0 Å². The van der Waals surface area contributed by atoms with Gasteiger partial charge in [0.2, 0.25) is 5.82 Å². The normalized spacial score (nSPS) is 10.2. The van der Waals surface area contributed by atoms with E-state index >= 15 is 0 Å². The molecule has 96 valence electrons. The molecule has 0 bridgehead atoms. The van der Waals surface area contributed by atoms with Crippen molar-refractivity contribution in [1.82, 2.24) is 9.97 Å². The maximum Gasteiger partial charge on any atom is 0.305 e. The van der Waals surface area contributed by atoms with Gasteiger partial charge in [-0.05, 0) is 12.1 Å². The highest BCUT2D eigenvalue weighted by Crippen LogP contribution is 2.29. The van der Waals surface area contributed by atoms with E-state index in [0.29, 0.717) is 12.4 Å². The topological polar surface area (TPSA) is 86.0 Å². The van der Waals surface area contributed by atoms with Crippen molar-refractivity contribution in [3.8, 4) is 11.4 Å². The first-order chi connectivity index (χ1) is 9.04. The van der Waals surface area contributed by atoms with E-state index in [2.05, 4.69) is 9.97 Å². The highest BCUT2D eigenvalue weighted by Gasteiger charge is 2.24. The zero-order valence-electron chi connectivity index (χ0n) is 9.21. The van der Waals surface area contributed by atoms with Crippen molar-refractivity contribution in [2.75, 3.05) is 0 Å². The fourth-order valence-corrected chi connectivity index (χ4v) is 1.45. The molecule has 0 aliphatic carbocycles. The minimum Gasteiger partial charge on any atom is -0.296 e. The quantitative estimate of drug-likeness (QED) is 0.482. The zero-order chi connectivity index (χ0) is 14.0. The summed E-state index contributed by atoms with van der Waals surface area (Å²) in [5.41, 5.74) is -1.72. The first-order valence-electron chi connectivity index (χ1n) is 4.95. The summed E-state index contributed by atoms with van der Waals surface area (Å²) in [6.07, 6.45) is 1.50. The van der Waals surface area contributed by atoms with Gasteiger partial charge in [0, 0.05) is 12.3 Å². The van der Waals surface area contributed by atoms with Gasteiger partial charge in [-0.25, -0.2) is 14.4 Å². The molecule has 0 fully saturated rings. The van der Waals surface area contributed by atoms with E-state index in [1.165, 1.54) is 6.07 Å². The van der Waals surface area contributed by atoms with E-state index in [-0.39, 0.29) is 5.69 Å². The summed E-state index contributed by atoms with van der Waals surface area (Å²) in [5, 5.41) is 10.6. The number of aromatic nitrogens is 2. The molecule has 0 saturated carbocycles. The number of benzene rings is 1. The highest BCUT2D eigenvalue weighted by molar-refractivity contribution is 5.73. The number of nitro groups is 1. The molecule has 0 spiro atoms. The lowest BCUT2D eigenvalue weighted by molar-refractivity contribution is -0.387. The molecule has 0 N–H and O–H groups in total. The monoisotopic (exact) mass is 265 g/mol. The molecule has 19 heavy (non-hydrogen) atoms. The molecule has 1 aromatic heterocycles. The van der Waals surface area contributed by atoms with Crippen molar-refractivity contribution in [3.63, 3.8) is 0 Å². The van der Waals surface area contributed by atoms with E-state index in [9.17, 15) is 23.7 Å². The molecule has 0 atom stereocenters. The molecule has 0 aliphatic heterocycles. The van der Waals surface area contributed by atoms with Crippen LogP contribution in [0.2, 0.25) is 0 Å². The fraction of sp³-hybridized carbons (Fsp3) is 0. The molecule has 1 aromatic carbocycles. The second kappa shape index (κ2) is 4.84. The van der Waals surface area contributed by atoms with Gasteiger partial charge in [0.15, 0.2) is 12.1 Å². The second-order valence-electron chi connectivity index (χ2n) is 3.44. The third-order valence-electron chi connectivity index (χ3n) is 2.29. The number of carbonyl (C=O) groups excluding carboxylic acids is 1. The lowest BCUT2D eigenvalue weighted by atomic mass is 10.1. The maximum atomic E-state index is 13.9. The third kappa shape index (κ3) is 2.28. The summed E-state index contributed by atoms with van der Waals surface area (Å²) in [6.45, 7) is 0. The summed E-state index contributed by atoms with van der Waals surface area (Å²) in [6, 6.07) is 2.69. The van der Waals surface area contributed by atoms with Crippen LogP contribution in [0.25, 0.3) is 11.4 Å². The van der Waals surface area contributed by atoms with Gasteiger partial charge in [0.25, 0.3) is 0 Å². The number of hydrogen-bond donors (Lipinski definition) is 0. The van der Waals surface area contributed by atoms with Crippen LogP contribution in [0, 0.1) is 21.7 Å². The lowest BCUT2D eigenvalue weighted by Crippen LogP contribution is -2.01. The Balaban J connectivity index is 2.70. The van der Waals surface area contributed by atoms with Crippen molar-refractivity contribution in [3.05, 3.63) is 51.8 Å². The van der Waals surface area contributed by atoms with Crippen molar-refractivity contribution < 1.29 is 18.5 Å². The largest absolute Gasteiger partial charge is 0.305 e. The fourth-order valence-electron chi connectivity index (χ4n) is 1.45. The van der Waals surface area contributed by atoms with Crippen LogP contribution < -0.4 is 0 Å². The van der Waals surface area contributed by atoms with Gasteiger partial charge < -0.3 is 0 Å². The summed E-state index contributed by atoms with van der Waals surface area (Å²) >= 11 is 0. The van der Waals surface area contributed by atoms with Gasteiger partial charge in [-0.2, -0.15) is 4.39 Å². The summed E-state index contributed by atoms with van der Waals surface area (Å²) < 4.78 is 27.4. The van der Waals surface area contributed by atoms with Crippen LogP contribution in [0.3, 0.4) is 0 Å². The minimum atomic E-state index is -1.38. The van der Waals surface area contributed by atoms with Crippen LogP contribution in [0.5, 0.6) is 0 Å². The van der Waals surface area contributed by atoms with Crippen LogP contribution >= 0.6 is 0 Å². The number of hydrogen-bond acceptors (Lipinski definition) is 5. The number of carbonyl (C=O) groups is 1. The van der Waals surface area contributed by atoms with Crippen LogP contribution in [0.4, 0.5) is 14.5 Å². The molecular weight excluding hydrogens is 260 g/mol. The van der Waals surface area contributed by atoms with Gasteiger partial charge in [-0.15, -0.1) is 0 Å². The average Bonchev–Trinajstić information content (AvgIpc) is 2.38. The van der Waals surface area contributed by atoms with Gasteiger partial charge in [0.05, 0.1) is 10.5 Å². The van der Waals surface area contributed by atoms with E-state index in [1.54, 1.807) is 0 Å². The first kappa shape index (κ1) is 12.7. The number of aldehydes is 1. The van der Waals surface area contributed by atoms with Crippen LogP contribution in [-0.4, -0.2) is 21.2 Å². The van der Waals surface area contributed by atoms with Crippen LogP contribution in [-0.2, 0) is 0 Å². The van der Waals surface area contributed by atoms with Crippen LogP contribution in [0.15, 0.2) is 24.4 Å². The Morgan fingerprint density at radius 1 is 1.26 bits per heavy atom. The smallest absolute Gasteiger partial charge is 0.296 e. The van der Waals surface area contributed by atoms with Gasteiger partial charge in [0.1, 0.15) is 11.5 Å². The number of nitro benzene ring substituents is 1. The third-order valence-corrected chi connectivity index (χ3v) is 2.29. The number of nitrogens with zero attached hydrogens (tertiary/aromatic N) is 3. The summed E-state index contributed by atoms with van der Waals surface area (Å²) in [7, 11) is 0. The molecule has 0 amide bonds. The SMILES string of the molecule is O=Cc1ccnc(-c2c(F)ccc([N+](=O)[O-])c2F)n1. The Hall–Kier alpha value is -2.77. The molecule has 2 aromatic rings. The Labute approximate surface area is 104 Å². The second-order valence-corrected chi connectivity index (χ2v) is 3.44. The molecule has 0 saturated heterocycles. The Kier molecular flexibility index (Phi) is 3.23. The van der Waals surface area contributed by atoms with Gasteiger partial charge in [-0.1, -0.05) is 0 Å². The van der Waals surface area contributed by atoms with Crippen LogP contribution in [0.1, 0.15) is 10.5 Å². The van der Waals surface area contributed by atoms with Crippen molar-refractivity contribution in [2.24, 2.45) is 0 Å². The number of halogens is 2. The maximum absolute atomic E-state index is 13.9. The van der Waals surface area contributed by atoms with Crippen molar-refractivity contribution >= 4 is 12.0 Å². The number of rotatable bonds is 3. The Morgan fingerprint density at radius 3 is 2.63 bits per heavy atom. The molecule has 6 nitrogen and oxygen atoms in total. The molecule has 0 aliphatic rings. The lowest BCUT2D eigenvalue weighted by Gasteiger charge is -2.04. The Bertz CT molecular complexity index is 676. The Morgan fingerprint density at radius 2 is 2.00 bits per heavy atom. The minimum absolute atomic E-state index is 0.0877. The summed E-state index contributed by atoms with van der Waals surface area (Å²) in [4.78, 5) is 27.4. The van der Waals surface area contributed by atoms with E-state index in [1.807, 2.05) is 0 Å². The predicted octanol–water partition coefficient (Wildman–Crippen LogP) is 2.14. The molecule has 8 heteroatoms. The van der Waals surface area contributed by atoms with E-state index in [0.717, 1.165) is 12.3 Å². The summed E-state index contributed by atoms with van der Waals surface area (Å²) in [5.74, 6) is -2.86.